The molecule has 28 heavy (non-hydrogen) atoms. The SMILES string of the molecule is CCCCN(CCOC(=O)CNC)SSN(CCCC)CCOC(=O)CNC. The van der Waals surface area contributed by atoms with E-state index < -0.39 is 0 Å². The van der Waals surface area contributed by atoms with Crippen LogP contribution in [0.4, 0.5) is 0 Å². The molecule has 0 aliphatic carbocycles. The molecule has 2 N–H and O–H groups in total. The molecule has 0 saturated carbocycles. The third-order valence-electron chi connectivity index (χ3n) is 3.62. The normalized spacial score (nSPS) is 11.2. The third kappa shape index (κ3) is 16.4. The summed E-state index contributed by atoms with van der Waals surface area (Å²) in [6.07, 6.45) is 4.41. The minimum atomic E-state index is -0.233. The molecule has 0 fully saturated rings. The lowest BCUT2D eigenvalue weighted by molar-refractivity contribution is -0.143. The zero-order valence-corrected chi connectivity index (χ0v) is 19.5. The van der Waals surface area contributed by atoms with Crippen LogP contribution in [0, 0.1) is 0 Å². The van der Waals surface area contributed by atoms with Crippen molar-refractivity contribution in [1.29, 1.82) is 0 Å². The van der Waals surface area contributed by atoms with Crippen molar-refractivity contribution in [2.75, 3.05) is 66.6 Å². The summed E-state index contributed by atoms with van der Waals surface area (Å²) >= 11 is 0. The molecular weight excluding hydrogens is 400 g/mol. The Hall–Kier alpha value is -0.520. The molecule has 0 aromatic carbocycles. The molecule has 8 nitrogen and oxygen atoms in total. The second-order valence-electron chi connectivity index (χ2n) is 6.22. The molecule has 0 radical (unpaired) electrons. The van der Waals surface area contributed by atoms with Gasteiger partial charge < -0.3 is 20.1 Å². The summed E-state index contributed by atoms with van der Waals surface area (Å²) < 4.78 is 14.9. The predicted molar refractivity (Wildman–Crippen MR) is 118 cm³/mol. The molecule has 10 heteroatoms. The second-order valence-corrected chi connectivity index (χ2v) is 8.44. The standard InChI is InChI=1S/C18H38N4O4S2/c1-5-7-9-21(11-13-25-17(23)15-19-3)27-28-22(10-8-6-2)12-14-26-18(24)16-20-4/h19-20H,5-16H2,1-4H3. The number of nitrogens with zero attached hydrogens (tertiary/aromatic N) is 2. The maximum absolute atomic E-state index is 11.5. The Morgan fingerprint density at radius 2 is 1.14 bits per heavy atom. The summed E-state index contributed by atoms with van der Waals surface area (Å²) in [7, 11) is 6.79. The lowest BCUT2D eigenvalue weighted by Crippen LogP contribution is -2.28. The maximum atomic E-state index is 11.5. The van der Waals surface area contributed by atoms with Crippen molar-refractivity contribution in [3.63, 3.8) is 0 Å². The van der Waals surface area contributed by atoms with Crippen molar-refractivity contribution < 1.29 is 19.1 Å². The first-order chi connectivity index (χ1) is 13.6. The highest BCUT2D eigenvalue weighted by molar-refractivity contribution is 8.74. The molecule has 0 aromatic rings. The molecule has 0 rings (SSSR count). The molecule has 0 heterocycles. The fourth-order valence-corrected chi connectivity index (χ4v) is 4.40. The van der Waals surface area contributed by atoms with Gasteiger partial charge in [0.25, 0.3) is 0 Å². The van der Waals surface area contributed by atoms with Gasteiger partial charge >= 0.3 is 11.9 Å². The van der Waals surface area contributed by atoms with Crippen molar-refractivity contribution in [2.45, 2.75) is 39.5 Å². The zero-order valence-electron chi connectivity index (χ0n) is 17.8. The molecule has 0 bridgehead atoms. The van der Waals surface area contributed by atoms with Crippen LogP contribution in [0.15, 0.2) is 0 Å². The molecule has 0 saturated heterocycles. The van der Waals surface area contributed by atoms with Gasteiger partial charge in [-0.3, -0.25) is 9.59 Å². The van der Waals surface area contributed by atoms with E-state index in [1.54, 1.807) is 36.1 Å². The van der Waals surface area contributed by atoms with Gasteiger partial charge in [-0.2, -0.15) is 0 Å². The van der Waals surface area contributed by atoms with Crippen LogP contribution >= 0.6 is 22.0 Å². The fourth-order valence-electron chi connectivity index (χ4n) is 2.05. The van der Waals surface area contributed by atoms with E-state index in [4.69, 9.17) is 9.47 Å². The molecule has 0 spiro atoms. The van der Waals surface area contributed by atoms with Gasteiger partial charge in [-0.1, -0.05) is 26.7 Å². The summed E-state index contributed by atoms with van der Waals surface area (Å²) in [5.74, 6) is -0.466. The number of rotatable bonds is 19. The van der Waals surface area contributed by atoms with Crippen molar-refractivity contribution in [1.82, 2.24) is 19.2 Å². The topological polar surface area (TPSA) is 83.1 Å². The first-order valence-electron chi connectivity index (χ1n) is 10.0. The summed E-state index contributed by atoms with van der Waals surface area (Å²) in [5, 5.41) is 5.58. The highest BCUT2D eigenvalue weighted by Gasteiger charge is 2.13. The van der Waals surface area contributed by atoms with E-state index in [-0.39, 0.29) is 25.0 Å². The largest absolute Gasteiger partial charge is 0.463 e. The first kappa shape index (κ1) is 27.5. The smallest absolute Gasteiger partial charge is 0.319 e. The lowest BCUT2D eigenvalue weighted by Gasteiger charge is -2.25. The van der Waals surface area contributed by atoms with E-state index in [2.05, 4.69) is 33.1 Å². The third-order valence-corrected chi connectivity index (χ3v) is 6.30. The Kier molecular flexibility index (Phi) is 19.4. The molecular formula is C18H38N4O4S2. The van der Waals surface area contributed by atoms with E-state index in [0.717, 1.165) is 38.8 Å². The maximum Gasteiger partial charge on any atom is 0.319 e. The molecule has 0 atom stereocenters. The quantitative estimate of drug-likeness (QED) is 0.177. The van der Waals surface area contributed by atoms with E-state index in [1.165, 1.54) is 0 Å². The van der Waals surface area contributed by atoms with Crippen LogP contribution in [0.2, 0.25) is 0 Å². The summed E-state index contributed by atoms with van der Waals surface area (Å²) in [6, 6.07) is 0. The monoisotopic (exact) mass is 438 g/mol. The molecule has 0 unspecified atom stereocenters. The molecule has 0 amide bonds. The summed E-state index contributed by atoms with van der Waals surface area (Å²) in [4.78, 5) is 22.9. The number of hydrogen-bond acceptors (Lipinski definition) is 10. The van der Waals surface area contributed by atoms with Gasteiger partial charge in [-0.15, -0.1) is 0 Å². The van der Waals surface area contributed by atoms with Crippen LogP contribution in [-0.2, 0) is 19.1 Å². The number of likely N-dealkylation sites (N-methyl/N-ethyl adjacent to an activating group) is 2. The zero-order chi connectivity index (χ0) is 21.0. The highest BCUT2D eigenvalue weighted by atomic mass is 33.1. The Morgan fingerprint density at radius 3 is 1.46 bits per heavy atom. The van der Waals surface area contributed by atoms with Crippen molar-refractivity contribution in [3.05, 3.63) is 0 Å². The second kappa shape index (κ2) is 19.8. The number of carbonyl (C=O) groups excluding carboxylic acids is 2. The van der Waals surface area contributed by atoms with Crippen LogP contribution in [0.3, 0.4) is 0 Å². The van der Waals surface area contributed by atoms with Gasteiger partial charge in [0.2, 0.25) is 0 Å². The lowest BCUT2D eigenvalue weighted by atomic mass is 10.3. The number of carbonyl (C=O) groups is 2. The molecule has 166 valence electrons. The average Bonchev–Trinajstić information content (AvgIpc) is 2.67. The number of unbranched alkanes of at least 4 members (excludes halogenated alkanes) is 2. The van der Waals surface area contributed by atoms with Crippen LogP contribution in [0.1, 0.15) is 39.5 Å². The van der Waals surface area contributed by atoms with Gasteiger partial charge in [0.1, 0.15) is 13.2 Å². The van der Waals surface area contributed by atoms with Crippen LogP contribution in [0.5, 0.6) is 0 Å². The minimum absolute atomic E-state index is 0.230. The first-order valence-corrected chi connectivity index (χ1v) is 12.1. The highest BCUT2D eigenvalue weighted by Crippen LogP contribution is 2.30. The van der Waals surface area contributed by atoms with E-state index in [1.807, 2.05) is 0 Å². The van der Waals surface area contributed by atoms with Gasteiger partial charge in [0, 0.05) is 48.1 Å². The van der Waals surface area contributed by atoms with Gasteiger partial charge in [-0.05, 0) is 26.9 Å². The average molecular weight is 439 g/mol. The number of hydrogen-bond donors (Lipinski definition) is 2. The minimum Gasteiger partial charge on any atom is -0.463 e. The summed E-state index contributed by atoms with van der Waals surface area (Å²) in [5.41, 5.74) is 0. The van der Waals surface area contributed by atoms with Crippen LogP contribution in [-0.4, -0.2) is 87.1 Å². The van der Waals surface area contributed by atoms with Crippen molar-refractivity contribution in [3.8, 4) is 0 Å². The van der Waals surface area contributed by atoms with Crippen molar-refractivity contribution >= 4 is 33.9 Å². The van der Waals surface area contributed by atoms with Gasteiger partial charge in [-0.25, -0.2) is 8.61 Å². The molecule has 0 aromatic heterocycles. The number of ether oxygens (including phenoxy) is 2. The number of nitrogens with one attached hydrogen (secondary N) is 2. The van der Waals surface area contributed by atoms with Crippen LogP contribution in [0.25, 0.3) is 0 Å². The van der Waals surface area contributed by atoms with E-state index in [0.29, 0.717) is 26.3 Å². The van der Waals surface area contributed by atoms with E-state index >= 15 is 0 Å². The van der Waals surface area contributed by atoms with E-state index in [9.17, 15) is 9.59 Å². The Labute approximate surface area is 178 Å². The summed E-state index contributed by atoms with van der Waals surface area (Å²) in [6.45, 7) is 8.81. The molecule has 0 aliphatic heterocycles. The van der Waals surface area contributed by atoms with Crippen LogP contribution < -0.4 is 10.6 Å². The Morgan fingerprint density at radius 1 is 0.750 bits per heavy atom. The number of esters is 2. The fraction of sp³-hybridized carbons (Fsp3) is 0.889. The Bertz CT molecular complexity index is 370. The Balaban J connectivity index is 4.38. The van der Waals surface area contributed by atoms with Crippen molar-refractivity contribution in [2.24, 2.45) is 0 Å². The van der Waals surface area contributed by atoms with Gasteiger partial charge in [0.05, 0.1) is 13.1 Å². The molecule has 0 aliphatic rings. The van der Waals surface area contributed by atoms with Gasteiger partial charge in [0.15, 0.2) is 0 Å². The predicted octanol–water partition coefficient (Wildman–Crippen LogP) is 1.93.